The lowest BCUT2D eigenvalue weighted by Gasteiger charge is -2.06. The molecule has 0 fully saturated rings. The number of aromatic nitrogens is 2. The van der Waals surface area contributed by atoms with Crippen LogP contribution in [0.3, 0.4) is 0 Å². The van der Waals surface area contributed by atoms with E-state index in [1.54, 1.807) is 11.6 Å². The van der Waals surface area contributed by atoms with Crippen LogP contribution in [0.4, 0.5) is 10.1 Å². The first kappa shape index (κ1) is 16.2. The topological polar surface area (TPSA) is 64.0 Å². The Morgan fingerprint density at radius 1 is 1.08 bits per heavy atom. The van der Waals surface area contributed by atoms with E-state index in [-0.39, 0.29) is 4.90 Å². The highest BCUT2D eigenvalue weighted by Crippen LogP contribution is 2.19. The van der Waals surface area contributed by atoms with E-state index in [0.717, 1.165) is 5.56 Å². The summed E-state index contributed by atoms with van der Waals surface area (Å²) in [6.45, 7) is 2.12. The molecule has 0 saturated heterocycles. The van der Waals surface area contributed by atoms with Crippen molar-refractivity contribution >= 4 is 15.7 Å². The van der Waals surface area contributed by atoms with Gasteiger partial charge in [0.1, 0.15) is 10.7 Å². The zero-order valence-corrected chi connectivity index (χ0v) is 13.8. The number of hydrogen-bond acceptors (Lipinski definition) is 3. The van der Waals surface area contributed by atoms with E-state index in [4.69, 9.17) is 0 Å². The molecule has 0 saturated carbocycles. The molecule has 1 aromatic heterocycles. The molecule has 0 radical (unpaired) electrons. The Morgan fingerprint density at radius 2 is 1.75 bits per heavy atom. The maximum atomic E-state index is 12.9. The highest BCUT2D eigenvalue weighted by atomic mass is 32.2. The third kappa shape index (κ3) is 3.62. The Labute approximate surface area is 139 Å². The normalized spacial score (nSPS) is 11.4. The van der Waals surface area contributed by atoms with Crippen molar-refractivity contribution in [2.24, 2.45) is 0 Å². The fraction of sp³-hybridized carbons (Fsp3) is 0.118. The lowest BCUT2D eigenvalue weighted by atomic mass is 10.2. The van der Waals surface area contributed by atoms with Gasteiger partial charge < -0.3 is 0 Å². The summed E-state index contributed by atoms with van der Waals surface area (Å²) in [7, 11) is -3.78. The third-order valence-corrected chi connectivity index (χ3v) is 4.96. The molecule has 3 aromatic rings. The standard InChI is InChI=1S/C17H16FN3O2S/c1-13-17(12-21(19-13)11-14-5-3-2-4-6-14)24(22,23)20-16-9-7-15(18)8-10-16/h2-10,12,20H,11H2,1H3. The number of anilines is 1. The predicted octanol–water partition coefficient (Wildman–Crippen LogP) is 3.18. The SMILES string of the molecule is Cc1nn(Cc2ccccc2)cc1S(=O)(=O)Nc1ccc(F)cc1. The number of halogens is 1. The highest BCUT2D eigenvalue weighted by Gasteiger charge is 2.20. The molecule has 0 amide bonds. The number of nitrogens with one attached hydrogen (secondary N) is 1. The second-order valence-electron chi connectivity index (χ2n) is 5.37. The lowest BCUT2D eigenvalue weighted by molar-refractivity contribution is 0.600. The molecule has 0 unspecified atom stereocenters. The van der Waals surface area contributed by atoms with Gasteiger partial charge in [0, 0.05) is 11.9 Å². The number of rotatable bonds is 5. The van der Waals surface area contributed by atoms with Crippen molar-refractivity contribution < 1.29 is 12.8 Å². The van der Waals surface area contributed by atoms with Crippen LogP contribution < -0.4 is 4.72 Å². The van der Waals surface area contributed by atoms with Crippen molar-refractivity contribution in [2.75, 3.05) is 4.72 Å². The first-order chi connectivity index (χ1) is 11.4. The molecule has 0 atom stereocenters. The smallest absolute Gasteiger partial charge is 0.265 e. The Morgan fingerprint density at radius 3 is 2.42 bits per heavy atom. The van der Waals surface area contributed by atoms with Crippen LogP contribution >= 0.6 is 0 Å². The van der Waals surface area contributed by atoms with Gasteiger partial charge in [-0.25, -0.2) is 12.8 Å². The van der Waals surface area contributed by atoms with Gasteiger partial charge in [0.15, 0.2) is 0 Å². The minimum atomic E-state index is -3.78. The van der Waals surface area contributed by atoms with Gasteiger partial charge in [-0.15, -0.1) is 0 Å². The monoisotopic (exact) mass is 345 g/mol. The van der Waals surface area contributed by atoms with Crippen molar-refractivity contribution in [3.8, 4) is 0 Å². The average Bonchev–Trinajstić information content (AvgIpc) is 2.92. The maximum Gasteiger partial charge on any atom is 0.265 e. The summed E-state index contributed by atoms with van der Waals surface area (Å²) in [6, 6.07) is 14.8. The molecule has 24 heavy (non-hydrogen) atoms. The number of sulfonamides is 1. The molecule has 0 bridgehead atoms. The number of benzene rings is 2. The van der Waals surface area contributed by atoms with Gasteiger partial charge in [-0.2, -0.15) is 5.10 Å². The van der Waals surface area contributed by atoms with E-state index < -0.39 is 15.8 Å². The Bertz CT molecular complexity index is 936. The second-order valence-corrected chi connectivity index (χ2v) is 7.03. The molecular weight excluding hydrogens is 329 g/mol. The van der Waals surface area contributed by atoms with Crippen molar-refractivity contribution in [3.05, 3.63) is 77.9 Å². The lowest BCUT2D eigenvalue weighted by Crippen LogP contribution is -2.13. The van der Waals surface area contributed by atoms with Gasteiger partial charge >= 0.3 is 0 Å². The molecular formula is C17H16FN3O2S. The molecule has 3 rings (SSSR count). The Kier molecular flexibility index (Phi) is 4.35. The van der Waals surface area contributed by atoms with Gasteiger partial charge in [-0.1, -0.05) is 30.3 Å². The van der Waals surface area contributed by atoms with E-state index in [2.05, 4.69) is 9.82 Å². The number of aryl methyl sites for hydroxylation is 1. The van der Waals surface area contributed by atoms with E-state index in [9.17, 15) is 12.8 Å². The molecule has 5 nitrogen and oxygen atoms in total. The van der Waals surface area contributed by atoms with Gasteiger partial charge in [-0.3, -0.25) is 9.40 Å². The van der Waals surface area contributed by atoms with E-state index in [0.29, 0.717) is 17.9 Å². The predicted molar refractivity (Wildman–Crippen MR) is 89.7 cm³/mol. The van der Waals surface area contributed by atoms with E-state index in [1.165, 1.54) is 30.5 Å². The summed E-state index contributed by atoms with van der Waals surface area (Å²) >= 11 is 0. The fourth-order valence-electron chi connectivity index (χ4n) is 2.34. The van der Waals surface area contributed by atoms with Gasteiger partial charge in [0.2, 0.25) is 0 Å². The fourth-order valence-corrected chi connectivity index (χ4v) is 3.59. The molecule has 1 N–H and O–H groups in total. The van der Waals surface area contributed by atoms with Crippen molar-refractivity contribution in [1.82, 2.24) is 9.78 Å². The molecule has 7 heteroatoms. The van der Waals surface area contributed by atoms with Crippen LogP contribution in [0.5, 0.6) is 0 Å². The molecule has 0 aliphatic heterocycles. The van der Waals surface area contributed by atoms with Gasteiger partial charge in [0.05, 0.1) is 12.2 Å². The summed E-state index contributed by atoms with van der Waals surface area (Å²) in [6.07, 6.45) is 1.49. The summed E-state index contributed by atoms with van der Waals surface area (Å²) in [4.78, 5) is 0.0998. The molecule has 124 valence electrons. The zero-order valence-electron chi connectivity index (χ0n) is 13.0. The number of hydrogen-bond donors (Lipinski definition) is 1. The van der Waals surface area contributed by atoms with E-state index in [1.807, 2.05) is 30.3 Å². The van der Waals surface area contributed by atoms with E-state index >= 15 is 0 Å². The van der Waals surface area contributed by atoms with Crippen molar-refractivity contribution in [1.29, 1.82) is 0 Å². The van der Waals surface area contributed by atoms with Crippen LogP contribution in [0.25, 0.3) is 0 Å². The molecule has 1 heterocycles. The first-order valence-electron chi connectivity index (χ1n) is 7.30. The Balaban J connectivity index is 1.84. The third-order valence-electron chi connectivity index (χ3n) is 3.47. The van der Waals surface area contributed by atoms with Crippen LogP contribution in [-0.4, -0.2) is 18.2 Å². The van der Waals surface area contributed by atoms with Crippen LogP contribution in [-0.2, 0) is 16.6 Å². The molecule has 0 aliphatic carbocycles. The average molecular weight is 345 g/mol. The first-order valence-corrected chi connectivity index (χ1v) is 8.79. The Hall–Kier alpha value is -2.67. The van der Waals surface area contributed by atoms with Gasteiger partial charge in [0.25, 0.3) is 10.0 Å². The zero-order chi connectivity index (χ0) is 17.2. The largest absolute Gasteiger partial charge is 0.280 e. The highest BCUT2D eigenvalue weighted by molar-refractivity contribution is 7.92. The quantitative estimate of drug-likeness (QED) is 0.772. The summed E-state index contributed by atoms with van der Waals surface area (Å²) in [5.41, 5.74) is 1.72. The minimum absolute atomic E-state index is 0.0998. The van der Waals surface area contributed by atoms with Crippen LogP contribution in [0.1, 0.15) is 11.3 Å². The molecule has 0 spiro atoms. The summed E-state index contributed by atoms with van der Waals surface area (Å²) in [5.74, 6) is -0.426. The molecule has 0 aliphatic rings. The van der Waals surface area contributed by atoms with Gasteiger partial charge in [-0.05, 0) is 36.8 Å². The van der Waals surface area contributed by atoms with Crippen LogP contribution in [0.2, 0.25) is 0 Å². The minimum Gasteiger partial charge on any atom is -0.280 e. The summed E-state index contributed by atoms with van der Waals surface area (Å²) < 4.78 is 42.0. The van der Waals surface area contributed by atoms with Crippen LogP contribution in [0.15, 0.2) is 65.7 Å². The number of nitrogens with zero attached hydrogens (tertiary/aromatic N) is 2. The van der Waals surface area contributed by atoms with Crippen LogP contribution in [0, 0.1) is 12.7 Å². The van der Waals surface area contributed by atoms with Crippen molar-refractivity contribution in [3.63, 3.8) is 0 Å². The maximum absolute atomic E-state index is 12.9. The van der Waals surface area contributed by atoms with Crippen molar-refractivity contribution in [2.45, 2.75) is 18.4 Å². The summed E-state index contributed by atoms with van der Waals surface area (Å²) in [5, 5.41) is 4.27. The second kappa shape index (κ2) is 6.45. The molecule has 2 aromatic carbocycles.